The number of primary sulfonamides is 1. The van der Waals surface area contributed by atoms with Gasteiger partial charge in [-0.3, -0.25) is 0 Å². The Hall–Kier alpha value is -1.74. The summed E-state index contributed by atoms with van der Waals surface area (Å²) in [7, 11) is -7.76. The average molecular weight is 366 g/mol. The maximum absolute atomic E-state index is 13.0. The Morgan fingerprint density at radius 3 is 2.25 bits per heavy atom. The van der Waals surface area contributed by atoms with Crippen LogP contribution in [0.2, 0.25) is 0 Å². The molecule has 3 rings (SSSR count). The molecule has 1 fully saturated rings. The molecule has 0 amide bonds. The van der Waals surface area contributed by atoms with Gasteiger partial charge in [0.15, 0.2) is 0 Å². The van der Waals surface area contributed by atoms with Crippen LogP contribution in [0.25, 0.3) is 0 Å². The number of nitrogens with two attached hydrogens (primary N) is 1. The summed E-state index contributed by atoms with van der Waals surface area (Å²) >= 11 is 0. The number of nitrogens with zero attached hydrogens (tertiary/aromatic N) is 1. The van der Waals surface area contributed by atoms with Crippen LogP contribution in [0.15, 0.2) is 64.4 Å². The zero-order chi connectivity index (χ0) is 17.4. The molecule has 2 aromatic rings. The smallest absolute Gasteiger partial charge is 0.225 e. The SMILES string of the molecule is NS(=O)(=O)c1cccc(S(=O)(=O)N2CCC[C@@H]2c2ccccc2)c1. The highest BCUT2D eigenvalue weighted by molar-refractivity contribution is 7.90. The summed E-state index contributed by atoms with van der Waals surface area (Å²) in [5.74, 6) is 0. The minimum Gasteiger partial charge on any atom is -0.225 e. The average Bonchev–Trinajstić information content (AvgIpc) is 3.05. The number of hydrogen-bond acceptors (Lipinski definition) is 4. The van der Waals surface area contributed by atoms with Crippen LogP contribution in [-0.2, 0) is 20.0 Å². The minimum absolute atomic E-state index is 0.0585. The molecule has 0 aliphatic carbocycles. The van der Waals surface area contributed by atoms with Crippen molar-refractivity contribution in [1.29, 1.82) is 0 Å². The van der Waals surface area contributed by atoms with Gasteiger partial charge in [-0.15, -0.1) is 0 Å². The van der Waals surface area contributed by atoms with Gasteiger partial charge >= 0.3 is 0 Å². The van der Waals surface area contributed by atoms with Crippen molar-refractivity contribution in [3.05, 3.63) is 60.2 Å². The predicted octanol–water partition coefficient (Wildman–Crippen LogP) is 1.86. The first-order chi connectivity index (χ1) is 11.3. The molecule has 1 aliphatic heterocycles. The zero-order valence-electron chi connectivity index (χ0n) is 12.9. The molecule has 6 nitrogen and oxygen atoms in total. The number of sulfonamides is 2. The molecule has 8 heteroatoms. The van der Waals surface area contributed by atoms with Crippen LogP contribution in [0.3, 0.4) is 0 Å². The summed E-state index contributed by atoms with van der Waals surface area (Å²) in [6.45, 7) is 0.404. The molecular formula is C16H18N2O4S2. The van der Waals surface area contributed by atoms with Crippen LogP contribution >= 0.6 is 0 Å². The largest absolute Gasteiger partial charge is 0.243 e. The van der Waals surface area contributed by atoms with E-state index in [0.29, 0.717) is 6.54 Å². The van der Waals surface area contributed by atoms with Gasteiger partial charge in [0.1, 0.15) is 0 Å². The summed E-state index contributed by atoms with van der Waals surface area (Å²) in [4.78, 5) is -0.268. The molecule has 0 aromatic heterocycles. The van der Waals surface area contributed by atoms with Crippen molar-refractivity contribution >= 4 is 20.0 Å². The highest BCUT2D eigenvalue weighted by Crippen LogP contribution is 2.36. The van der Waals surface area contributed by atoms with E-state index in [1.165, 1.54) is 22.5 Å². The van der Waals surface area contributed by atoms with Gasteiger partial charge in [-0.05, 0) is 36.6 Å². The topological polar surface area (TPSA) is 97.5 Å². The molecule has 1 aliphatic rings. The monoisotopic (exact) mass is 366 g/mol. The van der Waals surface area contributed by atoms with Gasteiger partial charge in [0.25, 0.3) is 0 Å². The normalized spacial score (nSPS) is 19.5. The first-order valence-electron chi connectivity index (χ1n) is 7.50. The van der Waals surface area contributed by atoms with Crippen molar-refractivity contribution in [2.24, 2.45) is 5.14 Å². The summed E-state index contributed by atoms with van der Waals surface area (Å²) in [6.07, 6.45) is 1.49. The molecule has 2 N–H and O–H groups in total. The van der Waals surface area contributed by atoms with Crippen LogP contribution in [0.5, 0.6) is 0 Å². The molecule has 128 valence electrons. The van der Waals surface area contributed by atoms with E-state index < -0.39 is 20.0 Å². The fraction of sp³-hybridized carbons (Fsp3) is 0.250. The van der Waals surface area contributed by atoms with E-state index in [9.17, 15) is 16.8 Å². The Balaban J connectivity index is 2.01. The first kappa shape index (κ1) is 17.1. The molecule has 1 heterocycles. The summed E-state index contributed by atoms with van der Waals surface area (Å²) < 4.78 is 50.4. The van der Waals surface area contributed by atoms with Gasteiger partial charge in [-0.25, -0.2) is 22.0 Å². The van der Waals surface area contributed by atoms with E-state index in [2.05, 4.69) is 0 Å². The molecule has 0 bridgehead atoms. The Morgan fingerprint density at radius 2 is 1.58 bits per heavy atom. The van der Waals surface area contributed by atoms with Gasteiger partial charge in [0.05, 0.1) is 15.8 Å². The maximum atomic E-state index is 13.0. The second-order valence-electron chi connectivity index (χ2n) is 5.70. The molecule has 2 aromatic carbocycles. The maximum Gasteiger partial charge on any atom is 0.243 e. The summed E-state index contributed by atoms with van der Waals surface area (Å²) in [6, 6.07) is 14.4. The molecule has 1 atom stereocenters. The van der Waals surface area contributed by atoms with Crippen LogP contribution in [0.1, 0.15) is 24.4 Å². The highest BCUT2D eigenvalue weighted by Gasteiger charge is 2.36. The van der Waals surface area contributed by atoms with E-state index in [1.807, 2.05) is 30.3 Å². The lowest BCUT2D eigenvalue weighted by Gasteiger charge is -2.24. The van der Waals surface area contributed by atoms with Gasteiger partial charge in [0.2, 0.25) is 20.0 Å². The van der Waals surface area contributed by atoms with E-state index in [4.69, 9.17) is 5.14 Å². The van der Waals surface area contributed by atoms with Crippen LogP contribution < -0.4 is 5.14 Å². The molecule has 0 saturated carbocycles. The number of benzene rings is 2. The third-order valence-corrected chi connectivity index (χ3v) is 6.94. The van der Waals surface area contributed by atoms with Crippen LogP contribution in [0.4, 0.5) is 0 Å². The minimum atomic E-state index is -3.96. The van der Waals surface area contributed by atoms with Gasteiger partial charge in [-0.2, -0.15) is 4.31 Å². The molecule has 0 radical (unpaired) electrons. The fourth-order valence-corrected chi connectivity index (χ4v) is 5.35. The lowest BCUT2D eigenvalue weighted by Crippen LogP contribution is -2.30. The fourth-order valence-electron chi connectivity index (χ4n) is 2.98. The van der Waals surface area contributed by atoms with Crippen LogP contribution in [0, 0.1) is 0 Å². The first-order valence-corrected chi connectivity index (χ1v) is 10.5. The number of hydrogen-bond donors (Lipinski definition) is 1. The third kappa shape index (κ3) is 3.23. The Labute approximate surface area is 142 Å². The summed E-state index contributed by atoms with van der Waals surface area (Å²) in [5, 5.41) is 5.10. The lowest BCUT2D eigenvalue weighted by atomic mass is 10.1. The van der Waals surface area contributed by atoms with E-state index in [0.717, 1.165) is 24.5 Å². The van der Waals surface area contributed by atoms with E-state index in [1.54, 1.807) is 0 Å². The Morgan fingerprint density at radius 1 is 0.917 bits per heavy atom. The van der Waals surface area contributed by atoms with Crippen molar-refractivity contribution in [3.63, 3.8) is 0 Å². The Kier molecular flexibility index (Phi) is 4.48. The standard InChI is InChI=1S/C16H18N2O4S2/c17-23(19,20)14-8-4-9-15(12-14)24(21,22)18-11-5-10-16(18)13-6-2-1-3-7-13/h1-4,6-9,12,16H,5,10-11H2,(H2,17,19,20)/t16-/m1/s1. The van der Waals surface area contributed by atoms with Crippen molar-refractivity contribution < 1.29 is 16.8 Å². The van der Waals surface area contributed by atoms with E-state index in [-0.39, 0.29) is 15.8 Å². The molecule has 1 saturated heterocycles. The number of rotatable bonds is 4. The second kappa shape index (κ2) is 6.29. The molecule has 0 unspecified atom stereocenters. The van der Waals surface area contributed by atoms with Crippen LogP contribution in [-0.4, -0.2) is 27.7 Å². The van der Waals surface area contributed by atoms with Gasteiger partial charge in [0, 0.05) is 6.54 Å². The summed E-state index contributed by atoms with van der Waals surface area (Å²) in [5.41, 5.74) is 0.932. The lowest BCUT2D eigenvalue weighted by molar-refractivity contribution is 0.396. The molecular weight excluding hydrogens is 348 g/mol. The van der Waals surface area contributed by atoms with Gasteiger partial charge in [-0.1, -0.05) is 36.4 Å². The van der Waals surface area contributed by atoms with E-state index >= 15 is 0 Å². The van der Waals surface area contributed by atoms with Crippen molar-refractivity contribution in [1.82, 2.24) is 4.31 Å². The molecule has 0 spiro atoms. The van der Waals surface area contributed by atoms with Crippen molar-refractivity contribution in [3.8, 4) is 0 Å². The van der Waals surface area contributed by atoms with Crippen molar-refractivity contribution in [2.75, 3.05) is 6.54 Å². The quantitative estimate of drug-likeness (QED) is 0.893. The highest BCUT2D eigenvalue weighted by atomic mass is 32.2. The van der Waals surface area contributed by atoms with Crippen molar-refractivity contribution in [2.45, 2.75) is 28.7 Å². The molecule has 24 heavy (non-hydrogen) atoms. The van der Waals surface area contributed by atoms with Gasteiger partial charge < -0.3 is 0 Å². The predicted molar refractivity (Wildman–Crippen MR) is 90.1 cm³/mol. The Bertz CT molecular complexity index is 941. The second-order valence-corrected chi connectivity index (χ2v) is 9.16. The zero-order valence-corrected chi connectivity index (χ0v) is 14.5. The third-order valence-electron chi connectivity index (χ3n) is 4.13.